The predicted octanol–water partition coefficient (Wildman–Crippen LogP) is 4.08. The van der Waals surface area contributed by atoms with Gasteiger partial charge in [-0.25, -0.2) is 0 Å². The Hall–Kier alpha value is -3.98. The molecule has 1 aliphatic heterocycles. The molecular weight excluding hydrogens is 424 g/mol. The lowest BCUT2D eigenvalue weighted by atomic mass is 10.1. The van der Waals surface area contributed by atoms with E-state index in [1.54, 1.807) is 0 Å². The van der Waals surface area contributed by atoms with Crippen molar-refractivity contribution in [2.75, 3.05) is 0 Å². The maximum absolute atomic E-state index is 12.6. The lowest BCUT2D eigenvalue weighted by Gasteiger charge is -2.05. The molecule has 0 radical (unpaired) electrons. The molecule has 1 heterocycles. The van der Waals surface area contributed by atoms with Crippen molar-refractivity contribution in [3.63, 3.8) is 0 Å². The fourth-order valence-electron chi connectivity index (χ4n) is 2.45. The molecule has 0 saturated carbocycles. The monoisotopic (exact) mass is 433 g/mol. The largest absolute Gasteiger partial charge is 0.416 e. The second-order valence-corrected chi connectivity index (χ2v) is 6.18. The van der Waals surface area contributed by atoms with Gasteiger partial charge in [-0.1, -0.05) is 23.7 Å². The van der Waals surface area contributed by atoms with E-state index in [0.717, 1.165) is 48.5 Å². The summed E-state index contributed by atoms with van der Waals surface area (Å²) >= 11 is 0. The third-order valence-corrected chi connectivity index (χ3v) is 4.02. The first-order chi connectivity index (χ1) is 14.4. The summed E-state index contributed by atoms with van der Waals surface area (Å²) in [6, 6.07) is 7.73. The smallest absolute Gasteiger partial charge is 0.287 e. The third-order valence-electron chi connectivity index (χ3n) is 4.02. The standard InChI is InChI=1S/C22H9F6NO2/c23-21(24,25)15-7-1-13(2-8-15)5-11-17-18(20(31)29-19(17)30)12-6-14-3-9-16(10-4-14)22(26,27)28/h1-4,7-10H,(H,29,30,31). The van der Waals surface area contributed by atoms with E-state index in [1.807, 2.05) is 5.32 Å². The van der Waals surface area contributed by atoms with Crippen molar-refractivity contribution in [2.24, 2.45) is 0 Å². The molecule has 0 atom stereocenters. The van der Waals surface area contributed by atoms with Gasteiger partial charge in [-0.3, -0.25) is 14.9 Å². The van der Waals surface area contributed by atoms with E-state index < -0.39 is 35.3 Å². The Morgan fingerprint density at radius 3 is 1.16 bits per heavy atom. The molecule has 0 aromatic heterocycles. The topological polar surface area (TPSA) is 46.2 Å². The van der Waals surface area contributed by atoms with Crippen molar-refractivity contribution in [3.8, 4) is 23.7 Å². The van der Waals surface area contributed by atoms with Crippen LogP contribution in [0.25, 0.3) is 0 Å². The summed E-state index contributed by atoms with van der Waals surface area (Å²) in [5, 5.41) is 1.99. The predicted molar refractivity (Wildman–Crippen MR) is 96.8 cm³/mol. The molecule has 0 saturated heterocycles. The van der Waals surface area contributed by atoms with Gasteiger partial charge >= 0.3 is 12.4 Å². The second-order valence-electron chi connectivity index (χ2n) is 6.18. The van der Waals surface area contributed by atoms with Gasteiger partial charge in [0.15, 0.2) is 0 Å². The summed E-state index contributed by atoms with van der Waals surface area (Å²) in [6.07, 6.45) is -9.01. The minimum atomic E-state index is -4.51. The highest BCUT2D eigenvalue weighted by Gasteiger charge is 2.31. The molecule has 9 heteroatoms. The molecule has 0 spiro atoms. The van der Waals surface area contributed by atoms with Gasteiger partial charge in [0, 0.05) is 11.1 Å². The average Bonchev–Trinajstić information content (AvgIpc) is 2.96. The van der Waals surface area contributed by atoms with Gasteiger partial charge < -0.3 is 0 Å². The van der Waals surface area contributed by atoms with Crippen LogP contribution in [-0.4, -0.2) is 11.8 Å². The minimum Gasteiger partial charge on any atom is -0.287 e. The summed E-state index contributed by atoms with van der Waals surface area (Å²) in [4.78, 5) is 23.9. The Labute approximate surface area is 171 Å². The van der Waals surface area contributed by atoms with E-state index >= 15 is 0 Å². The van der Waals surface area contributed by atoms with Gasteiger partial charge in [-0.2, -0.15) is 26.3 Å². The Balaban J connectivity index is 1.90. The van der Waals surface area contributed by atoms with Crippen molar-refractivity contribution in [2.45, 2.75) is 12.4 Å². The van der Waals surface area contributed by atoms with Gasteiger partial charge in [0.25, 0.3) is 11.8 Å². The first-order valence-electron chi connectivity index (χ1n) is 8.43. The fraction of sp³-hybridized carbons (Fsp3) is 0.0909. The van der Waals surface area contributed by atoms with Crippen LogP contribution >= 0.6 is 0 Å². The molecule has 0 aliphatic carbocycles. The Bertz CT molecular complexity index is 1100. The summed E-state index contributed by atoms with van der Waals surface area (Å²) in [7, 11) is 0. The molecule has 0 unspecified atom stereocenters. The molecule has 1 aliphatic rings. The highest BCUT2D eigenvalue weighted by atomic mass is 19.4. The van der Waals surface area contributed by atoms with Gasteiger partial charge in [0.2, 0.25) is 0 Å². The highest BCUT2D eigenvalue weighted by Crippen LogP contribution is 2.29. The normalized spacial score (nSPS) is 13.9. The van der Waals surface area contributed by atoms with Crippen LogP contribution in [-0.2, 0) is 21.9 Å². The molecule has 2 aromatic rings. The first-order valence-corrected chi connectivity index (χ1v) is 8.43. The van der Waals surface area contributed by atoms with Crippen LogP contribution in [0.3, 0.4) is 0 Å². The average molecular weight is 433 g/mol. The zero-order valence-electron chi connectivity index (χ0n) is 15.2. The Morgan fingerprint density at radius 1 is 0.548 bits per heavy atom. The SMILES string of the molecule is O=C1NC(=O)C(C#Cc2ccc(C(F)(F)F)cc2)=C1C#Cc1ccc(C(F)(F)F)cc1. The van der Waals surface area contributed by atoms with Crippen molar-refractivity contribution in [1.29, 1.82) is 0 Å². The summed E-state index contributed by atoms with van der Waals surface area (Å²) in [5.41, 5.74) is -1.97. The number of carbonyl (C=O) groups is 2. The van der Waals surface area contributed by atoms with E-state index in [4.69, 9.17) is 0 Å². The van der Waals surface area contributed by atoms with E-state index in [2.05, 4.69) is 23.7 Å². The van der Waals surface area contributed by atoms with E-state index in [9.17, 15) is 35.9 Å². The first kappa shape index (κ1) is 21.7. The highest BCUT2D eigenvalue weighted by molar-refractivity contribution is 6.23. The summed E-state index contributed by atoms with van der Waals surface area (Å²) < 4.78 is 75.6. The lowest BCUT2D eigenvalue weighted by molar-refractivity contribution is -0.138. The number of halogens is 6. The van der Waals surface area contributed by atoms with Crippen LogP contribution in [0.15, 0.2) is 59.7 Å². The molecule has 3 rings (SSSR count). The van der Waals surface area contributed by atoms with Crippen LogP contribution in [0.4, 0.5) is 26.3 Å². The molecule has 156 valence electrons. The van der Waals surface area contributed by atoms with Crippen LogP contribution in [0.5, 0.6) is 0 Å². The number of alkyl halides is 6. The number of benzene rings is 2. The molecule has 31 heavy (non-hydrogen) atoms. The summed E-state index contributed by atoms with van der Waals surface area (Å²) in [6.45, 7) is 0. The van der Waals surface area contributed by atoms with Crippen LogP contribution in [0, 0.1) is 23.7 Å². The third kappa shape index (κ3) is 5.14. The quantitative estimate of drug-likeness (QED) is 0.387. The van der Waals surface area contributed by atoms with Crippen LogP contribution in [0.1, 0.15) is 22.3 Å². The Kier molecular flexibility index (Phi) is 5.63. The van der Waals surface area contributed by atoms with Gasteiger partial charge in [-0.05, 0) is 48.5 Å². The zero-order valence-corrected chi connectivity index (χ0v) is 15.2. The number of carbonyl (C=O) groups excluding carboxylic acids is 2. The molecule has 1 N–H and O–H groups in total. The lowest BCUT2D eigenvalue weighted by Crippen LogP contribution is -2.22. The minimum absolute atomic E-state index is 0.169. The van der Waals surface area contributed by atoms with Crippen molar-refractivity contribution >= 4 is 11.8 Å². The van der Waals surface area contributed by atoms with E-state index in [1.165, 1.54) is 0 Å². The van der Waals surface area contributed by atoms with E-state index in [-0.39, 0.29) is 22.3 Å². The fourth-order valence-corrected chi connectivity index (χ4v) is 2.45. The molecule has 0 fully saturated rings. The zero-order chi connectivity index (χ0) is 22.8. The van der Waals surface area contributed by atoms with E-state index in [0.29, 0.717) is 0 Å². The maximum Gasteiger partial charge on any atom is 0.416 e. The van der Waals surface area contributed by atoms with Crippen molar-refractivity contribution in [3.05, 3.63) is 81.9 Å². The molecule has 2 amide bonds. The van der Waals surface area contributed by atoms with Gasteiger partial charge in [0.1, 0.15) is 11.1 Å². The number of hydrogen-bond donors (Lipinski definition) is 1. The molecular formula is C22H9F6NO2. The molecule has 3 nitrogen and oxygen atoms in total. The van der Waals surface area contributed by atoms with Crippen LogP contribution < -0.4 is 5.32 Å². The van der Waals surface area contributed by atoms with Crippen molar-refractivity contribution < 1.29 is 35.9 Å². The number of amides is 2. The molecule has 2 aromatic carbocycles. The number of rotatable bonds is 0. The number of nitrogens with one attached hydrogen (secondary N) is 1. The maximum atomic E-state index is 12.6. The number of hydrogen-bond acceptors (Lipinski definition) is 2. The number of imide groups is 1. The van der Waals surface area contributed by atoms with Gasteiger partial charge in [0.05, 0.1) is 11.1 Å². The van der Waals surface area contributed by atoms with Gasteiger partial charge in [-0.15, -0.1) is 0 Å². The van der Waals surface area contributed by atoms with Crippen molar-refractivity contribution in [1.82, 2.24) is 5.32 Å². The second kappa shape index (κ2) is 8.04. The van der Waals surface area contributed by atoms with Crippen LogP contribution in [0.2, 0.25) is 0 Å². The summed E-state index contributed by atoms with van der Waals surface area (Å²) in [5.74, 6) is 8.14. The Morgan fingerprint density at radius 2 is 0.871 bits per heavy atom. The molecule has 0 bridgehead atoms.